The molecule has 184 valence electrons. The highest BCUT2D eigenvalue weighted by atomic mass is 32.2. The Labute approximate surface area is 203 Å². The Kier molecular flexibility index (Phi) is 7.73. The number of sulfonamides is 1. The minimum Gasteiger partial charge on any atom is -0.370 e. The van der Waals surface area contributed by atoms with E-state index in [0.29, 0.717) is 30.9 Å². The van der Waals surface area contributed by atoms with Crippen molar-refractivity contribution in [2.24, 2.45) is 0 Å². The number of nitrogens with zero attached hydrogens (tertiary/aromatic N) is 4. The number of carbonyl (C=O) groups excluding carboxylic acids is 1. The first-order chi connectivity index (χ1) is 16.4. The number of pyridine rings is 1. The summed E-state index contributed by atoms with van der Waals surface area (Å²) in [6.45, 7) is 3.09. The normalized spacial score (nSPS) is 17.4. The van der Waals surface area contributed by atoms with Crippen molar-refractivity contribution in [1.29, 1.82) is 0 Å². The van der Waals surface area contributed by atoms with Crippen LogP contribution in [0.2, 0.25) is 0 Å². The van der Waals surface area contributed by atoms with E-state index in [2.05, 4.69) is 15.2 Å². The van der Waals surface area contributed by atoms with E-state index in [1.54, 1.807) is 22.6 Å². The summed E-state index contributed by atoms with van der Waals surface area (Å²) in [5.41, 5.74) is 2.00. The van der Waals surface area contributed by atoms with Gasteiger partial charge in [0, 0.05) is 58.6 Å². The lowest BCUT2D eigenvalue weighted by Gasteiger charge is -2.33. The van der Waals surface area contributed by atoms with Crippen LogP contribution >= 0.6 is 0 Å². The molecule has 0 saturated carbocycles. The molecule has 4 rings (SSSR count). The predicted molar refractivity (Wildman–Crippen MR) is 135 cm³/mol. The van der Waals surface area contributed by atoms with Crippen LogP contribution < -0.4 is 15.1 Å². The molecule has 9 heteroatoms. The molecule has 2 aliphatic rings. The van der Waals surface area contributed by atoms with Crippen molar-refractivity contribution < 1.29 is 13.2 Å². The first kappa shape index (κ1) is 24.5. The molecular formula is C25H35N5O3S. The van der Waals surface area contributed by atoms with E-state index in [-0.39, 0.29) is 10.8 Å². The highest BCUT2D eigenvalue weighted by Gasteiger charge is 2.31. The molecule has 1 aromatic carbocycles. The third-order valence-electron chi connectivity index (χ3n) is 6.57. The van der Waals surface area contributed by atoms with E-state index in [9.17, 15) is 13.2 Å². The smallest absolute Gasteiger partial charge is 0.251 e. The number of nitrogens with one attached hydrogen (secondary N) is 1. The molecule has 0 bridgehead atoms. The molecule has 34 heavy (non-hydrogen) atoms. The molecule has 2 aromatic rings. The van der Waals surface area contributed by atoms with Crippen LogP contribution in [0.1, 0.15) is 54.4 Å². The third-order valence-corrected chi connectivity index (χ3v) is 8.50. The van der Waals surface area contributed by atoms with Crippen LogP contribution in [0.15, 0.2) is 41.4 Å². The summed E-state index contributed by atoms with van der Waals surface area (Å²) in [6, 6.07) is 8.91. The number of anilines is 2. The fourth-order valence-corrected chi connectivity index (χ4v) is 6.36. The lowest BCUT2D eigenvalue weighted by atomic mass is 10.1. The first-order valence-electron chi connectivity index (χ1n) is 12.2. The van der Waals surface area contributed by atoms with Crippen molar-refractivity contribution in [2.75, 3.05) is 50.1 Å². The molecule has 0 aliphatic carbocycles. The van der Waals surface area contributed by atoms with Crippen molar-refractivity contribution in [1.82, 2.24) is 14.6 Å². The lowest BCUT2D eigenvalue weighted by molar-refractivity contribution is 0.0950. The van der Waals surface area contributed by atoms with Gasteiger partial charge in [0.05, 0.1) is 5.69 Å². The van der Waals surface area contributed by atoms with Gasteiger partial charge in [-0.3, -0.25) is 4.79 Å². The van der Waals surface area contributed by atoms with Gasteiger partial charge in [0.1, 0.15) is 10.7 Å². The summed E-state index contributed by atoms with van der Waals surface area (Å²) in [5.74, 6) is 0.524. The maximum Gasteiger partial charge on any atom is 0.251 e. The predicted octanol–water partition coefficient (Wildman–Crippen LogP) is 3.24. The molecule has 2 saturated heterocycles. The van der Waals surface area contributed by atoms with Gasteiger partial charge in [-0.1, -0.05) is 6.42 Å². The number of hydrogen-bond acceptors (Lipinski definition) is 6. The quantitative estimate of drug-likeness (QED) is 0.648. The summed E-state index contributed by atoms with van der Waals surface area (Å²) >= 11 is 0. The number of benzene rings is 1. The van der Waals surface area contributed by atoms with E-state index < -0.39 is 10.0 Å². The monoisotopic (exact) mass is 485 g/mol. The summed E-state index contributed by atoms with van der Waals surface area (Å²) in [5, 5.41) is 2.93. The van der Waals surface area contributed by atoms with Gasteiger partial charge in [0.25, 0.3) is 5.91 Å². The van der Waals surface area contributed by atoms with Crippen LogP contribution in [0.4, 0.5) is 11.5 Å². The van der Waals surface area contributed by atoms with Gasteiger partial charge in [0.2, 0.25) is 10.0 Å². The van der Waals surface area contributed by atoms with Crippen molar-refractivity contribution in [3.8, 4) is 0 Å². The van der Waals surface area contributed by atoms with Gasteiger partial charge >= 0.3 is 0 Å². The third kappa shape index (κ3) is 5.52. The summed E-state index contributed by atoms with van der Waals surface area (Å²) in [7, 11) is 0.149. The van der Waals surface area contributed by atoms with Crippen LogP contribution in [0.5, 0.6) is 0 Å². The second-order valence-corrected chi connectivity index (χ2v) is 11.2. The number of amides is 1. The van der Waals surface area contributed by atoms with Gasteiger partial charge in [-0.2, -0.15) is 4.31 Å². The molecule has 8 nitrogen and oxygen atoms in total. The molecule has 0 spiro atoms. The Morgan fingerprint density at radius 2 is 1.65 bits per heavy atom. The number of piperidine rings is 2. The Balaban J connectivity index is 1.60. The van der Waals surface area contributed by atoms with Gasteiger partial charge in [-0.05, 0) is 68.0 Å². The lowest BCUT2D eigenvalue weighted by Crippen LogP contribution is -2.38. The van der Waals surface area contributed by atoms with Crippen LogP contribution in [0, 0.1) is 0 Å². The van der Waals surface area contributed by atoms with Crippen molar-refractivity contribution in [3.05, 3.63) is 47.7 Å². The second kappa shape index (κ2) is 10.7. The van der Waals surface area contributed by atoms with Crippen molar-refractivity contribution >= 4 is 27.4 Å². The molecule has 2 aliphatic heterocycles. The number of carbonyl (C=O) groups is 1. The van der Waals surface area contributed by atoms with E-state index >= 15 is 0 Å². The van der Waals surface area contributed by atoms with Gasteiger partial charge in [0.15, 0.2) is 0 Å². The minimum atomic E-state index is -3.68. The Morgan fingerprint density at radius 1 is 0.971 bits per heavy atom. The molecule has 0 radical (unpaired) electrons. The Morgan fingerprint density at radius 3 is 2.32 bits per heavy atom. The fourth-order valence-electron chi connectivity index (χ4n) is 4.60. The maximum absolute atomic E-state index is 13.7. The number of rotatable bonds is 7. The molecule has 2 fully saturated rings. The summed E-state index contributed by atoms with van der Waals surface area (Å²) in [6.07, 6.45) is 7.78. The average Bonchev–Trinajstić information content (AvgIpc) is 2.88. The van der Waals surface area contributed by atoms with Crippen LogP contribution in [0.3, 0.4) is 0 Å². The van der Waals surface area contributed by atoms with Crippen LogP contribution in [0.25, 0.3) is 0 Å². The van der Waals surface area contributed by atoms with E-state index in [4.69, 9.17) is 0 Å². The van der Waals surface area contributed by atoms with Crippen molar-refractivity contribution in [3.63, 3.8) is 0 Å². The molecule has 3 heterocycles. The zero-order valence-corrected chi connectivity index (χ0v) is 21.0. The first-order valence-corrected chi connectivity index (χ1v) is 13.6. The molecule has 0 unspecified atom stereocenters. The summed E-state index contributed by atoms with van der Waals surface area (Å²) < 4.78 is 28.9. The molecule has 0 atom stereocenters. The standard InChI is InChI=1S/C25H35N5O3S/c1-28(2)24-17-20(11-12-26-24)19-27-25(31)21-9-10-22(29-13-5-3-6-14-29)23(18-21)34(32,33)30-15-7-4-8-16-30/h9-12,17-18H,3-8,13-16,19H2,1-2H3,(H,27,31). The van der Waals surface area contributed by atoms with Gasteiger partial charge in [-0.25, -0.2) is 13.4 Å². The largest absolute Gasteiger partial charge is 0.370 e. The molecular weight excluding hydrogens is 450 g/mol. The van der Waals surface area contributed by atoms with Gasteiger partial charge in [-0.15, -0.1) is 0 Å². The molecule has 1 aromatic heterocycles. The molecule has 1 amide bonds. The van der Waals surface area contributed by atoms with Crippen LogP contribution in [-0.4, -0.2) is 63.9 Å². The van der Waals surface area contributed by atoms with Gasteiger partial charge < -0.3 is 15.1 Å². The topological polar surface area (TPSA) is 85.8 Å². The minimum absolute atomic E-state index is 0.253. The zero-order valence-electron chi connectivity index (χ0n) is 20.2. The zero-order chi connectivity index (χ0) is 24.1. The van der Waals surface area contributed by atoms with E-state index in [1.807, 2.05) is 37.2 Å². The SMILES string of the molecule is CN(C)c1cc(CNC(=O)c2ccc(N3CCCCC3)c(S(=O)(=O)N3CCCCC3)c2)ccn1. The fraction of sp³-hybridized carbons (Fsp3) is 0.520. The number of hydrogen-bond donors (Lipinski definition) is 1. The maximum atomic E-state index is 13.7. The van der Waals surface area contributed by atoms with E-state index in [0.717, 1.165) is 63.0 Å². The highest BCUT2D eigenvalue weighted by Crippen LogP contribution is 2.32. The average molecular weight is 486 g/mol. The Hall–Kier alpha value is -2.65. The van der Waals surface area contributed by atoms with Crippen molar-refractivity contribution in [2.45, 2.75) is 50.0 Å². The van der Waals surface area contributed by atoms with E-state index in [1.165, 1.54) is 0 Å². The Bertz CT molecular complexity index is 1110. The number of aromatic nitrogens is 1. The summed E-state index contributed by atoms with van der Waals surface area (Å²) in [4.78, 5) is 21.6. The molecule has 1 N–H and O–H groups in total. The second-order valence-electron chi connectivity index (χ2n) is 9.29. The highest BCUT2D eigenvalue weighted by molar-refractivity contribution is 7.89. The van der Waals surface area contributed by atoms with Crippen LogP contribution in [-0.2, 0) is 16.6 Å².